The molecule has 2 heterocycles. The number of methoxy groups -OCH3 is 1. The second kappa shape index (κ2) is 8.09. The van der Waals surface area contributed by atoms with Crippen LogP contribution in [0.5, 0.6) is 5.75 Å². The molecule has 0 fully saturated rings. The van der Waals surface area contributed by atoms with E-state index in [0.29, 0.717) is 11.2 Å². The fourth-order valence-corrected chi connectivity index (χ4v) is 3.72. The lowest BCUT2D eigenvalue weighted by molar-refractivity contribution is -0.0428. The molecule has 1 aromatic heterocycles. The molecular formula is C21H29N3O2S. The minimum absolute atomic E-state index is 0.198. The van der Waals surface area contributed by atoms with Crippen LogP contribution in [0, 0.1) is 4.64 Å². The van der Waals surface area contributed by atoms with Crippen LogP contribution in [0.25, 0.3) is 11.4 Å². The van der Waals surface area contributed by atoms with E-state index in [1.165, 1.54) is 5.69 Å². The summed E-state index contributed by atoms with van der Waals surface area (Å²) in [5.74, 6) is 1.77. The van der Waals surface area contributed by atoms with E-state index < -0.39 is 0 Å². The maximum Gasteiger partial charge on any atom is 0.141 e. The molecule has 6 heteroatoms. The summed E-state index contributed by atoms with van der Waals surface area (Å²) in [5, 5.41) is 0. The maximum absolute atomic E-state index is 6.00. The third-order valence-electron chi connectivity index (χ3n) is 4.93. The number of fused-ring (bicyclic) bond motifs is 1. The van der Waals surface area contributed by atoms with Crippen molar-refractivity contribution in [3.8, 4) is 17.1 Å². The molecule has 2 aromatic rings. The van der Waals surface area contributed by atoms with Crippen LogP contribution in [-0.2, 0) is 24.3 Å². The van der Waals surface area contributed by atoms with E-state index in [1.807, 2.05) is 12.1 Å². The van der Waals surface area contributed by atoms with Crippen LogP contribution in [0.3, 0.4) is 0 Å². The zero-order chi connectivity index (χ0) is 19.6. The third kappa shape index (κ3) is 4.57. The minimum Gasteiger partial charge on any atom is -0.497 e. The first-order valence-electron chi connectivity index (χ1n) is 9.36. The van der Waals surface area contributed by atoms with Gasteiger partial charge in [0.1, 0.15) is 16.2 Å². The first-order valence-corrected chi connectivity index (χ1v) is 9.77. The first kappa shape index (κ1) is 20.0. The summed E-state index contributed by atoms with van der Waals surface area (Å²) in [5.41, 5.74) is 3.18. The van der Waals surface area contributed by atoms with Gasteiger partial charge in [-0.15, -0.1) is 0 Å². The largest absolute Gasteiger partial charge is 0.497 e. The van der Waals surface area contributed by atoms with Gasteiger partial charge >= 0.3 is 0 Å². The van der Waals surface area contributed by atoms with Crippen LogP contribution >= 0.6 is 12.2 Å². The lowest BCUT2D eigenvalue weighted by Gasteiger charge is -2.34. The van der Waals surface area contributed by atoms with E-state index in [2.05, 4.69) is 49.5 Å². The number of hydrogen-bond donors (Lipinski definition) is 0. The Balaban J connectivity index is 2.10. The molecule has 0 saturated carbocycles. The molecule has 3 rings (SSSR count). The smallest absolute Gasteiger partial charge is 0.141 e. The second-order valence-electron chi connectivity index (χ2n) is 7.93. The van der Waals surface area contributed by atoms with Crippen molar-refractivity contribution in [1.29, 1.82) is 0 Å². The minimum atomic E-state index is -0.198. The van der Waals surface area contributed by atoms with Gasteiger partial charge in [0.2, 0.25) is 0 Å². The number of hydrogen-bond acceptors (Lipinski definition) is 5. The SMILES string of the molecule is COc1ccc(-c2nc(=S)c3c(n2CCCN(C)C)CC(C)(C)OC3)cc1. The van der Waals surface area contributed by atoms with Crippen molar-refractivity contribution < 1.29 is 9.47 Å². The van der Waals surface area contributed by atoms with E-state index in [9.17, 15) is 0 Å². The van der Waals surface area contributed by atoms with Crippen molar-refractivity contribution in [2.24, 2.45) is 0 Å². The summed E-state index contributed by atoms with van der Waals surface area (Å²) in [6, 6.07) is 8.04. The molecule has 27 heavy (non-hydrogen) atoms. The van der Waals surface area contributed by atoms with Crippen LogP contribution in [0.15, 0.2) is 24.3 Å². The van der Waals surface area contributed by atoms with Crippen molar-refractivity contribution in [3.63, 3.8) is 0 Å². The standard InChI is InChI=1S/C21H29N3O2S/c1-21(2)13-18-17(14-26-21)20(27)22-19(24(18)12-6-11-23(3)4)15-7-9-16(25-5)10-8-15/h7-10H,6,11-14H2,1-5H3. The van der Waals surface area contributed by atoms with Gasteiger partial charge in [-0.05, 0) is 65.2 Å². The highest BCUT2D eigenvalue weighted by Gasteiger charge is 2.30. The topological polar surface area (TPSA) is 39.5 Å². The summed E-state index contributed by atoms with van der Waals surface area (Å²) in [7, 11) is 5.88. The Labute approximate surface area is 166 Å². The number of ether oxygens (including phenoxy) is 2. The summed E-state index contributed by atoms with van der Waals surface area (Å²) in [4.78, 5) is 7.01. The van der Waals surface area contributed by atoms with Gasteiger partial charge in [-0.3, -0.25) is 0 Å². The normalized spacial score (nSPS) is 15.6. The molecule has 1 aliphatic rings. The Morgan fingerprint density at radius 1 is 1.26 bits per heavy atom. The molecule has 0 unspecified atom stereocenters. The van der Waals surface area contributed by atoms with Crippen LogP contribution in [0.4, 0.5) is 0 Å². The van der Waals surface area contributed by atoms with Crippen molar-refractivity contribution in [2.45, 2.75) is 45.4 Å². The molecule has 0 bridgehead atoms. The van der Waals surface area contributed by atoms with Gasteiger partial charge in [-0.2, -0.15) is 0 Å². The molecule has 0 aliphatic carbocycles. The zero-order valence-electron chi connectivity index (χ0n) is 16.9. The van der Waals surface area contributed by atoms with Gasteiger partial charge in [-0.25, -0.2) is 4.98 Å². The van der Waals surface area contributed by atoms with Crippen LogP contribution in [0.1, 0.15) is 31.5 Å². The van der Waals surface area contributed by atoms with E-state index in [-0.39, 0.29) is 5.60 Å². The Morgan fingerprint density at radius 2 is 1.96 bits per heavy atom. The Morgan fingerprint density at radius 3 is 2.59 bits per heavy atom. The molecule has 0 N–H and O–H groups in total. The molecule has 0 saturated heterocycles. The molecule has 0 radical (unpaired) electrons. The molecule has 0 atom stereocenters. The fraction of sp³-hybridized carbons (Fsp3) is 0.524. The summed E-state index contributed by atoms with van der Waals surface area (Å²) >= 11 is 5.63. The van der Waals surface area contributed by atoms with Crippen LogP contribution < -0.4 is 4.74 Å². The van der Waals surface area contributed by atoms with Gasteiger partial charge in [0, 0.05) is 29.8 Å². The van der Waals surface area contributed by atoms with E-state index in [0.717, 1.165) is 48.6 Å². The van der Waals surface area contributed by atoms with Crippen molar-refractivity contribution in [3.05, 3.63) is 40.2 Å². The Bertz CT molecular complexity index is 857. The summed E-state index contributed by atoms with van der Waals surface area (Å²) in [6.45, 7) is 6.73. The van der Waals surface area contributed by atoms with Gasteiger partial charge in [0.15, 0.2) is 0 Å². The van der Waals surface area contributed by atoms with Crippen molar-refractivity contribution >= 4 is 12.2 Å². The second-order valence-corrected chi connectivity index (χ2v) is 8.31. The quantitative estimate of drug-likeness (QED) is 0.698. The number of nitrogens with zero attached hydrogens (tertiary/aromatic N) is 3. The number of benzene rings is 1. The highest BCUT2D eigenvalue weighted by Crippen LogP contribution is 2.32. The number of rotatable bonds is 6. The average Bonchev–Trinajstić information content (AvgIpc) is 2.62. The zero-order valence-corrected chi connectivity index (χ0v) is 17.7. The molecule has 5 nitrogen and oxygen atoms in total. The van der Waals surface area contributed by atoms with E-state index >= 15 is 0 Å². The van der Waals surface area contributed by atoms with Gasteiger partial charge in [0.25, 0.3) is 0 Å². The number of aromatic nitrogens is 2. The summed E-state index contributed by atoms with van der Waals surface area (Å²) < 4.78 is 14.3. The van der Waals surface area contributed by atoms with Crippen molar-refractivity contribution in [1.82, 2.24) is 14.5 Å². The van der Waals surface area contributed by atoms with Gasteiger partial charge in [0.05, 0.1) is 19.3 Å². The monoisotopic (exact) mass is 387 g/mol. The van der Waals surface area contributed by atoms with Crippen LogP contribution in [-0.4, -0.2) is 47.8 Å². The lowest BCUT2D eigenvalue weighted by atomic mass is 9.95. The Hall–Kier alpha value is -1.76. The van der Waals surface area contributed by atoms with E-state index in [1.54, 1.807) is 7.11 Å². The van der Waals surface area contributed by atoms with E-state index in [4.69, 9.17) is 26.7 Å². The molecule has 1 aliphatic heterocycles. The lowest BCUT2D eigenvalue weighted by Crippen LogP contribution is -2.35. The predicted molar refractivity (Wildman–Crippen MR) is 111 cm³/mol. The maximum atomic E-state index is 6.00. The summed E-state index contributed by atoms with van der Waals surface area (Å²) in [6.07, 6.45) is 1.88. The van der Waals surface area contributed by atoms with Gasteiger partial charge < -0.3 is 18.9 Å². The first-order chi connectivity index (χ1) is 12.8. The Kier molecular flexibility index (Phi) is 5.99. The third-order valence-corrected chi connectivity index (χ3v) is 5.27. The van der Waals surface area contributed by atoms with Crippen molar-refractivity contribution in [2.75, 3.05) is 27.7 Å². The molecule has 146 valence electrons. The van der Waals surface area contributed by atoms with Crippen LogP contribution in [0.2, 0.25) is 0 Å². The highest BCUT2D eigenvalue weighted by molar-refractivity contribution is 7.71. The highest BCUT2D eigenvalue weighted by atomic mass is 32.1. The average molecular weight is 388 g/mol. The molecule has 0 spiro atoms. The predicted octanol–water partition coefficient (Wildman–Crippen LogP) is 4.09. The molecule has 0 amide bonds. The van der Waals surface area contributed by atoms with Gasteiger partial charge in [-0.1, -0.05) is 12.2 Å². The fourth-order valence-electron chi connectivity index (χ4n) is 3.45. The molecule has 1 aromatic carbocycles. The molecular weight excluding hydrogens is 358 g/mol.